The monoisotopic (exact) mass is 560 g/mol. The Morgan fingerprint density at radius 2 is 1.61 bits per heavy atom. The van der Waals surface area contributed by atoms with Gasteiger partial charge in [-0.05, 0) is 53.6 Å². The Balaban J connectivity index is 1.50. The van der Waals surface area contributed by atoms with Crippen molar-refractivity contribution in [2.24, 2.45) is 0 Å². The Hall–Kier alpha value is -4.96. The van der Waals surface area contributed by atoms with E-state index < -0.39 is 10.0 Å². The lowest BCUT2D eigenvalue weighted by atomic mass is 10.00. The minimum atomic E-state index is -3.97. The fourth-order valence-corrected chi connectivity index (χ4v) is 6.30. The molecule has 8 nitrogen and oxygen atoms in total. The van der Waals surface area contributed by atoms with Crippen molar-refractivity contribution in [2.75, 3.05) is 13.2 Å². The minimum absolute atomic E-state index is 0.0289. The number of nitrogens with zero attached hydrogens (tertiary/aromatic N) is 4. The first kappa shape index (κ1) is 26.3. The quantitative estimate of drug-likeness (QED) is 0.253. The normalized spacial score (nSPS) is 13.9. The summed E-state index contributed by atoms with van der Waals surface area (Å²) in [6.07, 6.45) is 4.65. The molecule has 3 aromatic carbocycles. The third-order valence-corrected chi connectivity index (χ3v) is 8.80. The smallest absolute Gasteiger partial charge is 0.269 e. The molecule has 5 aromatic rings. The van der Waals surface area contributed by atoms with E-state index in [1.807, 2.05) is 24.3 Å². The van der Waals surface area contributed by atoms with Crippen LogP contribution in [0.15, 0.2) is 96.2 Å². The zero-order valence-corrected chi connectivity index (χ0v) is 22.7. The third kappa shape index (κ3) is 5.05. The predicted octanol–water partition coefficient (Wildman–Crippen LogP) is 5.91. The molecule has 0 aliphatic carbocycles. The molecule has 0 unspecified atom stereocenters. The second kappa shape index (κ2) is 10.9. The number of fused-ring (bicyclic) bond motifs is 1. The molecule has 0 N–H and O–H groups in total. The largest absolute Gasteiger partial charge is 0.489 e. The second-order valence-electron chi connectivity index (χ2n) is 9.69. The van der Waals surface area contributed by atoms with Crippen LogP contribution >= 0.6 is 0 Å². The van der Waals surface area contributed by atoms with Crippen LogP contribution < -0.4 is 4.74 Å². The summed E-state index contributed by atoms with van der Waals surface area (Å²) in [4.78, 5) is 4.73. The molecule has 41 heavy (non-hydrogen) atoms. The van der Waals surface area contributed by atoms with Crippen molar-refractivity contribution >= 4 is 21.1 Å². The maximum atomic E-state index is 13.7. The summed E-state index contributed by atoms with van der Waals surface area (Å²) in [5.74, 6) is 0.486. The number of benzene rings is 3. The van der Waals surface area contributed by atoms with Gasteiger partial charge in [0.25, 0.3) is 10.0 Å². The molecule has 202 valence electrons. The molecule has 1 saturated heterocycles. The molecular weight excluding hydrogens is 536 g/mol. The van der Waals surface area contributed by atoms with Crippen LogP contribution in [0.2, 0.25) is 0 Å². The van der Waals surface area contributed by atoms with E-state index in [0.717, 1.165) is 24.0 Å². The number of hydrogen-bond donors (Lipinski definition) is 0. The first-order valence-corrected chi connectivity index (χ1v) is 14.5. The molecule has 9 heteroatoms. The Morgan fingerprint density at radius 3 is 2.32 bits per heavy atom. The van der Waals surface area contributed by atoms with Crippen molar-refractivity contribution in [3.63, 3.8) is 0 Å². The molecule has 0 amide bonds. The van der Waals surface area contributed by atoms with Crippen molar-refractivity contribution in [2.45, 2.75) is 23.8 Å². The van der Waals surface area contributed by atoms with Crippen molar-refractivity contribution in [1.29, 1.82) is 10.5 Å². The molecule has 0 spiro atoms. The van der Waals surface area contributed by atoms with E-state index in [0.29, 0.717) is 46.6 Å². The summed E-state index contributed by atoms with van der Waals surface area (Å²) in [5.41, 5.74) is 4.03. The number of rotatable bonds is 6. The van der Waals surface area contributed by atoms with Gasteiger partial charge in [-0.3, -0.25) is 0 Å². The van der Waals surface area contributed by atoms with Crippen LogP contribution in [0, 0.1) is 22.7 Å². The van der Waals surface area contributed by atoms with E-state index in [1.54, 1.807) is 67.0 Å². The molecule has 0 atom stereocenters. The zero-order chi connectivity index (χ0) is 28.4. The van der Waals surface area contributed by atoms with Crippen molar-refractivity contribution in [1.82, 2.24) is 8.96 Å². The summed E-state index contributed by atoms with van der Waals surface area (Å²) < 4.78 is 40.2. The molecule has 0 bridgehead atoms. The lowest BCUT2D eigenvalue weighted by Crippen LogP contribution is -2.26. The SMILES string of the molecule is N#Cc1ccc(-c2cnc3c(c2)c(-c2ccc(OC4CCOCC4)c(C#N)c2)cn3S(=O)(=O)c2ccccc2)cc1. The summed E-state index contributed by atoms with van der Waals surface area (Å²) >= 11 is 0. The Bertz CT molecular complexity index is 1930. The molecule has 0 radical (unpaired) electrons. The van der Waals surface area contributed by atoms with Gasteiger partial charge in [-0.2, -0.15) is 10.5 Å². The maximum Gasteiger partial charge on any atom is 0.269 e. The van der Waals surface area contributed by atoms with E-state index in [2.05, 4.69) is 17.1 Å². The highest BCUT2D eigenvalue weighted by Gasteiger charge is 2.24. The minimum Gasteiger partial charge on any atom is -0.489 e. The fraction of sp³-hybridized carbons (Fsp3) is 0.156. The van der Waals surface area contributed by atoms with E-state index >= 15 is 0 Å². The first-order chi connectivity index (χ1) is 20.0. The maximum absolute atomic E-state index is 13.7. The lowest BCUT2D eigenvalue weighted by molar-refractivity contribution is 0.0254. The number of aromatic nitrogens is 2. The number of nitriles is 2. The van der Waals surface area contributed by atoms with Gasteiger partial charge < -0.3 is 9.47 Å². The van der Waals surface area contributed by atoms with Crippen LogP contribution in [0.5, 0.6) is 5.75 Å². The van der Waals surface area contributed by atoms with Gasteiger partial charge in [0, 0.05) is 41.7 Å². The number of ether oxygens (including phenoxy) is 2. The molecule has 2 aromatic heterocycles. The van der Waals surface area contributed by atoms with E-state index in [-0.39, 0.29) is 16.6 Å². The van der Waals surface area contributed by atoms with Gasteiger partial charge in [-0.15, -0.1) is 0 Å². The first-order valence-electron chi connectivity index (χ1n) is 13.1. The van der Waals surface area contributed by atoms with E-state index in [9.17, 15) is 18.9 Å². The highest BCUT2D eigenvalue weighted by Crippen LogP contribution is 2.36. The fourth-order valence-electron chi connectivity index (χ4n) is 4.95. The van der Waals surface area contributed by atoms with Crippen LogP contribution in [0.1, 0.15) is 24.0 Å². The highest BCUT2D eigenvalue weighted by atomic mass is 32.2. The topological polar surface area (TPSA) is 118 Å². The predicted molar refractivity (Wildman–Crippen MR) is 154 cm³/mol. The average molecular weight is 561 g/mol. The van der Waals surface area contributed by atoms with Gasteiger partial charge in [0.15, 0.2) is 5.65 Å². The molecule has 6 rings (SSSR count). The Morgan fingerprint density at radius 1 is 0.878 bits per heavy atom. The van der Waals surface area contributed by atoms with Crippen LogP contribution in [0.3, 0.4) is 0 Å². The van der Waals surface area contributed by atoms with Crippen molar-refractivity contribution in [3.8, 4) is 40.1 Å². The van der Waals surface area contributed by atoms with Crippen molar-refractivity contribution < 1.29 is 17.9 Å². The zero-order valence-electron chi connectivity index (χ0n) is 21.9. The van der Waals surface area contributed by atoms with E-state index in [1.165, 1.54) is 3.97 Å². The second-order valence-corrected chi connectivity index (χ2v) is 11.5. The van der Waals surface area contributed by atoms with Gasteiger partial charge in [0.1, 0.15) is 17.9 Å². The van der Waals surface area contributed by atoms with Gasteiger partial charge in [0.2, 0.25) is 0 Å². The summed E-state index contributed by atoms with van der Waals surface area (Å²) in [6.45, 7) is 1.24. The van der Waals surface area contributed by atoms with Crippen molar-refractivity contribution in [3.05, 3.63) is 102 Å². The average Bonchev–Trinajstić information content (AvgIpc) is 3.42. The summed E-state index contributed by atoms with van der Waals surface area (Å²) in [7, 11) is -3.97. The van der Waals surface area contributed by atoms with Crippen LogP contribution in [-0.2, 0) is 14.8 Å². The molecular formula is C32H24N4O4S. The molecule has 1 aliphatic heterocycles. The number of hydrogen-bond acceptors (Lipinski definition) is 7. The molecule has 0 saturated carbocycles. The highest BCUT2D eigenvalue weighted by molar-refractivity contribution is 7.90. The molecule has 1 fully saturated rings. The van der Waals surface area contributed by atoms with Gasteiger partial charge >= 0.3 is 0 Å². The van der Waals surface area contributed by atoms with Crippen LogP contribution in [0.25, 0.3) is 33.3 Å². The van der Waals surface area contributed by atoms with Crippen LogP contribution in [0.4, 0.5) is 0 Å². The molecule has 3 heterocycles. The van der Waals surface area contributed by atoms with E-state index in [4.69, 9.17) is 9.47 Å². The lowest BCUT2D eigenvalue weighted by Gasteiger charge is -2.23. The summed E-state index contributed by atoms with van der Waals surface area (Å²) in [6, 6.07) is 26.8. The Kier molecular flexibility index (Phi) is 6.98. The van der Waals surface area contributed by atoms with Gasteiger partial charge in [-0.1, -0.05) is 36.4 Å². The Labute approximate surface area is 237 Å². The summed E-state index contributed by atoms with van der Waals surface area (Å²) in [5, 5.41) is 19.7. The van der Waals surface area contributed by atoms with Crippen LogP contribution in [-0.4, -0.2) is 36.7 Å². The molecule has 1 aliphatic rings. The standard InChI is InChI=1S/C32H24N4O4S/c33-18-22-6-8-23(9-7-22)26-17-29-30(21-36(32(29)35-20-26)41(37,38)28-4-2-1-3-5-28)24-10-11-31(25(16-24)19-34)40-27-12-14-39-15-13-27/h1-11,16-17,20-21,27H,12-15H2. The third-order valence-electron chi connectivity index (χ3n) is 7.13. The number of pyridine rings is 1. The van der Waals surface area contributed by atoms with Gasteiger partial charge in [-0.25, -0.2) is 17.4 Å². The van der Waals surface area contributed by atoms with Gasteiger partial charge in [0.05, 0.1) is 35.3 Å².